The lowest BCUT2D eigenvalue weighted by Gasteiger charge is -2.08. The lowest BCUT2D eigenvalue weighted by molar-refractivity contribution is 0.199. The molecule has 0 aromatic heterocycles. The predicted octanol–water partition coefficient (Wildman–Crippen LogP) is 3.13. The van der Waals surface area contributed by atoms with Crippen LogP contribution in [0.1, 0.15) is 5.56 Å². The van der Waals surface area contributed by atoms with Crippen molar-refractivity contribution in [3.63, 3.8) is 0 Å². The molecule has 82 valence electrons. The smallest absolute Gasteiger partial charge is 0.409 e. The van der Waals surface area contributed by atoms with Crippen LogP contribution in [0.25, 0.3) is 5.70 Å². The van der Waals surface area contributed by atoms with Gasteiger partial charge in [-0.05, 0) is 18.2 Å². The van der Waals surface area contributed by atoms with Gasteiger partial charge in [-0.1, -0.05) is 23.2 Å². The summed E-state index contributed by atoms with van der Waals surface area (Å²) < 4.78 is 0. The molecule has 0 aliphatic heterocycles. The second-order valence-electron chi connectivity index (χ2n) is 2.74. The fourth-order valence-corrected chi connectivity index (χ4v) is 1.58. The molecule has 0 aliphatic carbocycles. The molecule has 0 fully saturated rings. The molecular weight excluding hydrogens is 251 g/mol. The Hall–Kier alpha value is -1.70. The van der Waals surface area contributed by atoms with Gasteiger partial charge in [0.05, 0.1) is 16.8 Å². The second-order valence-corrected chi connectivity index (χ2v) is 3.59. The topological polar surface area (TPSA) is 73.1 Å². The average Bonchev–Trinajstić information content (AvgIpc) is 2.16. The Bertz CT molecular complexity index is 492. The first-order chi connectivity index (χ1) is 7.54. The van der Waals surface area contributed by atoms with Gasteiger partial charge in [0.1, 0.15) is 0 Å². The van der Waals surface area contributed by atoms with E-state index in [1.807, 2.05) is 0 Å². The number of halogens is 2. The van der Waals surface area contributed by atoms with E-state index in [2.05, 4.69) is 5.32 Å². The van der Waals surface area contributed by atoms with Crippen molar-refractivity contribution in [2.45, 2.75) is 0 Å². The Kier molecular flexibility index (Phi) is 4.18. The molecule has 0 radical (unpaired) electrons. The Morgan fingerprint density at radius 1 is 1.50 bits per heavy atom. The molecule has 1 aromatic carbocycles. The van der Waals surface area contributed by atoms with Crippen molar-refractivity contribution in [3.05, 3.63) is 39.9 Å². The van der Waals surface area contributed by atoms with Gasteiger partial charge in [-0.25, -0.2) is 4.79 Å². The molecule has 0 saturated heterocycles. The van der Waals surface area contributed by atoms with E-state index in [9.17, 15) is 4.79 Å². The van der Waals surface area contributed by atoms with Crippen molar-refractivity contribution in [2.75, 3.05) is 0 Å². The van der Waals surface area contributed by atoms with Crippen LogP contribution in [0.5, 0.6) is 0 Å². The highest BCUT2D eigenvalue weighted by atomic mass is 35.5. The average molecular weight is 257 g/mol. The van der Waals surface area contributed by atoms with E-state index in [1.54, 1.807) is 12.1 Å². The van der Waals surface area contributed by atoms with Gasteiger partial charge in [0, 0.05) is 16.7 Å². The number of hydrogen-bond acceptors (Lipinski definition) is 2. The molecule has 0 aliphatic rings. The molecule has 4 nitrogen and oxygen atoms in total. The molecule has 1 amide bonds. The summed E-state index contributed by atoms with van der Waals surface area (Å²) in [6.07, 6.45) is -0.212. The number of nitriles is 1. The monoisotopic (exact) mass is 256 g/mol. The van der Waals surface area contributed by atoms with E-state index < -0.39 is 6.09 Å². The molecule has 0 saturated carbocycles. The van der Waals surface area contributed by atoms with E-state index >= 15 is 0 Å². The quantitative estimate of drug-likeness (QED) is 0.799. The molecule has 0 bridgehead atoms. The maximum Gasteiger partial charge on any atom is 0.409 e. The molecule has 1 aromatic rings. The van der Waals surface area contributed by atoms with Crippen LogP contribution in [0.4, 0.5) is 4.79 Å². The van der Waals surface area contributed by atoms with Gasteiger partial charge < -0.3 is 5.11 Å². The number of rotatable bonds is 2. The third kappa shape index (κ3) is 3.16. The highest BCUT2D eigenvalue weighted by Gasteiger charge is 2.09. The summed E-state index contributed by atoms with van der Waals surface area (Å²) >= 11 is 11.6. The highest BCUT2D eigenvalue weighted by molar-refractivity contribution is 6.35. The number of amides is 1. The van der Waals surface area contributed by atoms with Crippen molar-refractivity contribution in [1.29, 1.82) is 5.26 Å². The summed E-state index contributed by atoms with van der Waals surface area (Å²) in [6, 6.07) is 6.28. The first-order valence-electron chi connectivity index (χ1n) is 4.09. The Morgan fingerprint density at radius 3 is 2.69 bits per heavy atom. The van der Waals surface area contributed by atoms with Crippen LogP contribution in [-0.4, -0.2) is 11.2 Å². The SMILES string of the molecule is N#C/C=C(/NC(=O)O)c1ccc(Cl)cc1Cl. The minimum absolute atomic E-state index is 0.108. The molecule has 0 atom stereocenters. The summed E-state index contributed by atoms with van der Waals surface area (Å²) in [5.41, 5.74) is 0.506. The van der Waals surface area contributed by atoms with Crippen molar-refractivity contribution in [1.82, 2.24) is 5.32 Å². The number of carbonyl (C=O) groups is 1. The first kappa shape index (κ1) is 12.4. The van der Waals surface area contributed by atoms with Crippen molar-refractivity contribution < 1.29 is 9.90 Å². The van der Waals surface area contributed by atoms with Crippen LogP contribution >= 0.6 is 23.2 Å². The first-order valence-corrected chi connectivity index (χ1v) is 4.85. The minimum Gasteiger partial charge on any atom is -0.465 e. The number of nitrogens with zero attached hydrogens (tertiary/aromatic N) is 1. The number of hydrogen-bond donors (Lipinski definition) is 2. The van der Waals surface area contributed by atoms with Crippen LogP contribution in [0.2, 0.25) is 10.0 Å². The lowest BCUT2D eigenvalue weighted by Crippen LogP contribution is -2.19. The number of carboxylic acid groups (broad SMARTS) is 1. The normalized spacial score (nSPS) is 10.7. The molecule has 6 heteroatoms. The summed E-state index contributed by atoms with van der Waals surface area (Å²) in [7, 11) is 0. The molecule has 0 spiro atoms. The fourth-order valence-electron chi connectivity index (χ4n) is 1.07. The van der Waals surface area contributed by atoms with Gasteiger partial charge >= 0.3 is 6.09 Å². The Labute approximate surface area is 102 Å². The van der Waals surface area contributed by atoms with E-state index in [0.29, 0.717) is 10.6 Å². The number of allylic oxidation sites excluding steroid dienone is 1. The van der Waals surface area contributed by atoms with Gasteiger partial charge in [0.25, 0.3) is 0 Å². The summed E-state index contributed by atoms with van der Waals surface area (Å²) in [4.78, 5) is 10.5. The maximum absolute atomic E-state index is 10.5. The largest absolute Gasteiger partial charge is 0.465 e. The lowest BCUT2D eigenvalue weighted by atomic mass is 10.1. The van der Waals surface area contributed by atoms with E-state index in [4.69, 9.17) is 33.6 Å². The van der Waals surface area contributed by atoms with Crippen molar-refractivity contribution >= 4 is 35.0 Å². The number of nitrogens with one attached hydrogen (secondary N) is 1. The fraction of sp³-hybridized carbons (Fsp3) is 0. The van der Waals surface area contributed by atoms with Crippen molar-refractivity contribution in [2.24, 2.45) is 0 Å². The zero-order chi connectivity index (χ0) is 12.1. The maximum atomic E-state index is 10.5. The third-order valence-corrected chi connectivity index (χ3v) is 2.22. The molecule has 16 heavy (non-hydrogen) atoms. The standard InChI is InChI=1S/C10H6Cl2N2O2/c11-6-1-2-7(8(12)5-6)9(3-4-13)14-10(15)16/h1-3,5,14H,(H,15,16)/b9-3+. The number of benzene rings is 1. The molecule has 2 N–H and O–H groups in total. The van der Waals surface area contributed by atoms with Crippen LogP contribution in [0, 0.1) is 11.3 Å². The molecule has 0 heterocycles. The summed E-state index contributed by atoms with van der Waals surface area (Å²) in [5.74, 6) is 0. The van der Waals surface area contributed by atoms with Gasteiger partial charge in [-0.2, -0.15) is 5.26 Å². The van der Waals surface area contributed by atoms with E-state index in [-0.39, 0.29) is 10.7 Å². The Balaban J connectivity index is 3.17. The zero-order valence-corrected chi connectivity index (χ0v) is 9.38. The van der Waals surface area contributed by atoms with Gasteiger partial charge in [0.15, 0.2) is 0 Å². The van der Waals surface area contributed by atoms with Crippen LogP contribution in [0.3, 0.4) is 0 Å². The predicted molar refractivity (Wildman–Crippen MR) is 61.2 cm³/mol. The van der Waals surface area contributed by atoms with Crippen molar-refractivity contribution in [3.8, 4) is 6.07 Å². The van der Waals surface area contributed by atoms with Gasteiger partial charge in [-0.3, -0.25) is 5.32 Å². The molecular formula is C10H6Cl2N2O2. The van der Waals surface area contributed by atoms with Crippen LogP contribution in [0.15, 0.2) is 24.3 Å². The zero-order valence-electron chi connectivity index (χ0n) is 7.87. The minimum atomic E-state index is -1.27. The molecule has 0 unspecified atom stereocenters. The van der Waals surface area contributed by atoms with Gasteiger partial charge in [-0.15, -0.1) is 0 Å². The molecule has 1 rings (SSSR count). The Morgan fingerprint density at radius 2 is 2.19 bits per heavy atom. The summed E-state index contributed by atoms with van der Waals surface area (Å²) in [5, 5.41) is 19.9. The van der Waals surface area contributed by atoms with Crippen LogP contribution < -0.4 is 5.32 Å². The van der Waals surface area contributed by atoms with Gasteiger partial charge in [0.2, 0.25) is 0 Å². The highest BCUT2D eigenvalue weighted by Crippen LogP contribution is 2.25. The van der Waals surface area contributed by atoms with Crippen LogP contribution in [-0.2, 0) is 0 Å². The second kappa shape index (κ2) is 5.40. The summed E-state index contributed by atoms with van der Waals surface area (Å²) in [6.45, 7) is 0. The third-order valence-electron chi connectivity index (χ3n) is 1.67. The van der Waals surface area contributed by atoms with E-state index in [0.717, 1.165) is 6.08 Å². The van der Waals surface area contributed by atoms with E-state index in [1.165, 1.54) is 12.1 Å².